The average molecular weight is 628 g/mol. The number of carbonyl (C=O) groups is 3. The zero-order chi connectivity index (χ0) is 33.0. The molecule has 0 radical (unpaired) electrons. The molecule has 1 saturated heterocycles. The summed E-state index contributed by atoms with van der Waals surface area (Å²) in [6, 6.07) is 9.33. The predicted octanol–water partition coefficient (Wildman–Crippen LogP) is 3.64. The van der Waals surface area contributed by atoms with E-state index in [9.17, 15) is 14.4 Å². The predicted molar refractivity (Wildman–Crippen MR) is 176 cm³/mol. The van der Waals surface area contributed by atoms with E-state index < -0.39 is 23.5 Å². The second kappa shape index (κ2) is 13.5. The number of imidazole rings is 1. The van der Waals surface area contributed by atoms with E-state index in [1.165, 1.54) is 13.4 Å². The number of nitrogens with one attached hydrogen (secondary N) is 4. The standard InChI is InChI=1S/C33H41N9O4/c1-20(34-5)30(43)40-28(33(2,3)4)32(45)42-14-7-8-26(42)31(44)39-25-16-23-24(17-27(25)46-6)36-18-37-29(23)38-21-9-11-22(12-10-21)41-15-13-35-19-41/h9-13,15-20,26,28,34H,7-8,14H2,1-6H3,(H,39,44)(H,40,43)(H,36,37,38)/t20-,26?,28+/m0/s1. The van der Waals surface area contributed by atoms with Crippen molar-refractivity contribution in [3.05, 3.63) is 61.4 Å². The van der Waals surface area contributed by atoms with E-state index in [1.807, 2.05) is 55.8 Å². The van der Waals surface area contributed by atoms with Crippen LogP contribution in [0.15, 0.2) is 61.4 Å². The number of carbonyl (C=O) groups excluding carboxylic acids is 3. The van der Waals surface area contributed by atoms with Gasteiger partial charge in [-0.2, -0.15) is 0 Å². The quantitative estimate of drug-likeness (QED) is 0.206. The van der Waals surface area contributed by atoms with Crippen molar-refractivity contribution in [1.82, 2.24) is 35.1 Å². The lowest BCUT2D eigenvalue weighted by Gasteiger charge is -2.36. The number of rotatable bonds is 10. The third kappa shape index (κ3) is 6.94. The molecule has 2 aromatic carbocycles. The van der Waals surface area contributed by atoms with Crippen molar-refractivity contribution in [2.45, 2.75) is 58.7 Å². The highest BCUT2D eigenvalue weighted by atomic mass is 16.5. The summed E-state index contributed by atoms with van der Waals surface area (Å²) in [5, 5.41) is 12.8. The zero-order valence-corrected chi connectivity index (χ0v) is 27.0. The number of hydrogen-bond donors (Lipinski definition) is 4. The Kier molecular flexibility index (Phi) is 9.52. The van der Waals surface area contributed by atoms with Gasteiger partial charge in [-0.05, 0) is 62.6 Å². The first kappa shape index (κ1) is 32.4. The van der Waals surface area contributed by atoms with Crippen molar-refractivity contribution >= 4 is 45.8 Å². The van der Waals surface area contributed by atoms with Crippen LogP contribution < -0.4 is 26.0 Å². The molecule has 1 aliphatic rings. The normalized spacial score (nSPS) is 16.1. The summed E-state index contributed by atoms with van der Waals surface area (Å²) in [5.74, 6) is 0.0686. The maximum absolute atomic E-state index is 13.9. The van der Waals surface area contributed by atoms with Gasteiger partial charge >= 0.3 is 0 Å². The third-order valence-corrected chi connectivity index (χ3v) is 8.21. The molecule has 2 aromatic heterocycles. The van der Waals surface area contributed by atoms with Crippen molar-refractivity contribution in [2.24, 2.45) is 5.41 Å². The minimum atomic E-state index is -0.806. The molecule has 13 nitrogen and oxygen atoms in total. The molecule has 4 aromatic rings. The number of likely N-dealkylation sites (N-methyl/N-ethyl adjacent to an activating group) is 1. The van der Waals surface area contributed by atoms with Gasteiger partial charge < -0.3 is 35.5 Å². The van der Waals surface area contributed by atoms with Crippen LogP contribution in [0, 0.1) is 5.41 Å². The van der Waals surface area contributed by atoms with Crippen LogP contribution in [0.25, 0.3) is 16.6 Å². The Labute approximate surface area is 268 Å². The number of ether oxygens (including phenoxy) is 1. The summed E-state index contributed by atoms with van der Waals surface area (Å²) in [5.41, 5.74) is 2.26. The first-order valence-corrected chi connectivity index (χ1v) is 15.3. The summed E-state index contributed by atoms with van der Waals surface area (Å²) < 4.78 is 7.53. The van der Waals surface area contributed by atoms with Crippen LogP contribution >= 0.6 is 0 Å². The Morgan fingerprint density at radius 2 is 1.85 bits per heavy atom. The van der Waals surface area contributed by atoms with Crippen LogP contribution in [-0.2, 0) is 14.4 Å². The van der Waals surface area contributed by atoms with Gasteiger partial charge in [0.2, 0.25) is 17.7 Å². The van der Waals surface area contributed by atoms with Gasteiger partial charge in [0.15, 0.2) is 0 Å². The van der Waals surface area contributed by atoms with E-state index in [2.05, 4.69) is 36.2 Å². The number of likely N-dealkylation sites (tertiary alicyclic amines) is 1. The number of fused-ring (bicyclic) bond motifs is 1. The van der Waals surface area contributed by atoms with Crippen molar-refractivity contribution in [2.75, 3.05) is 31.3 Å². The summed E-state index contributed by atoms with van der Waals surface area (Å²) >= 11 is 0. The molecule has 0 aliphatic carbocycles. The number of aromatic nitrogens is 4. The second-order valence-electron chi connectivity index (χ2n) is 12.4. The number of nitrogens with zero attached hydrogens (tertiary/aromatic N) is 5. The van der Waals surface area contributed by atoms with Crippen LogP contribution in [0.3, 0.4) is 0 Å². The second-order valence-corrected chi connectivity index (χ2v) is 12.4. The molecule has 5 rings (SSSR count). The minimum Gasteiger partial charge on any atom is -0.494 e. The SMILES string of the molecule is CN[C@@H](C)C(=O)N[C@H](C(=O)N1CCCC1C(=O)Nc1cc2c(Nc3ccc(-n4ccnc4)cc3)ncnc2cc1OC)C(C)(C)C. The molecule has 0 bridgehead atoms. The van der Waals surface area contributed by atoms with Gasteiger partial charge in [0.1, 0.15) is 30.0 Å². The molecule has 4 N–H and O–H groups in total. The first-order valence-electron chi connectivity index (χ1n) is 15.3. The molecular formula is C33H41N9O4. The van der Waals surface area contributed by atoms with E-state index in [0.29, 0.717) is 47.5 Å². The highest BCUT2D eigenvalue weighted by Gasteiger charge is 2.42. The van der Waals surface area contributed by atoms with Crippen LogP contribution in [0.5, 0.6) is 5.75 Å². The molecule has 0 saturated carbocycles. The molecule has 46 heavy (non-hydrogen) atoms. The molecule has 13 heteroatoms. The zero-order valence-electron chi connectivity index (χ0n) is 27.0. The number of amides is 3. The maximum Gasteiger partial charge on any atom is 0.247 e. The van der Waals surface area contributed by atoms with E-state index in [0.717, 1.165) is 11.4 Å². The van der Waals surface area contributed by atoms with E-state index >= 15 is 0 Å². The highest BCUT2D eigenvalue weighted by Crippen LogP contribution is 2.34. The van der Waals surface area contributed by atoms with Gasteiger partial charge in [-0.1, -0.05) is 20.8 Å². The fourth-order valence-electron chi connectivity index (χ4n) is 5.45. The summed E-state index contributed by atoms with van der Waals surface area (Å²) in [6.45, 7) is 7.83. The van der Waals surface area contributed by atoms with E-state index in [1.54, 1.807) is 43.5 Å². The Hall–Kier alpha value is -5.04. The van der Waals surface area contributed by atoms with E-state index in [4.69, 9.17) is 4.74 Å². The number of methoxy groups -OCH3 is 1. The van der Waals surface area contributed by atoms with Crippen molar-refractivity contribution in [3.63, 3.8) is 0 Å². The average Bonchev–Trinajstić information content (AvgIpc) is 3.76. The molecule has 1 fully saturated rings. The van der Waals surface area contributed by atoms with Gasteiger partial charge in [0.05, 0.1) is 30.7 Å². The van der Waals surface area contributed by atoms with Crippen LogP contribution in [0.1, 0.15) is 40.5 Å². The van der Waals surface area contributed by atoms with Gasteiger partial charge in [0, 0.05) is 41.8 Å². The first-order chi connectivity index (χ1) is 22.0. The molecule has 1 aliphatic heterocycles. The number of hydrogen-bond acceptors (Lipinski definition) is 9. The van der Waals surface area contributed by atoms with Gasteiger partial charge in [-0.25, -0.2) is 15.0 Å². The lowest BCUT2D eigenvalue weighted by atomic mass is 9.85. The molecule has 0 spiro atoms. The minimum absolute atomic E-state index is 0.280. The van der Waals surface area contributed by atoms with Crippen LogP contribution in [-0.4, -0.2) is 81.0 Å². The Morgan fingerprint density at radius 1 is 1.09 bits per heavy atom. The van der Waals surface area contributed by atoms with Crippen molar-refractivity contribution in [1.29, 1.82) is 0 Å². The largest absolute Gasteiger partial charge is 0.494 e. The molecule has 3 atom stereocenters. The molecule has 3 amide bonds. The summed E-state index contributed by atoms with van der Waals surface area (Å²) in [7, 11) is 3.21. The summed E-state index contributed by atoms with van der Waals surface area (Å²) in [6.07, 6.45) is 7.95. The summed E-state index contributed by atoms with van der Waals surface area (Å²) in [4.78, 5) is 54.9. The lowest BCUT2D eigenvalue weighted by molar-refractivity contribution is -0.143. The van der Waals surface area contributed by atoms with E-state index in [-0.39, 0.29) is 17.7 Å². The van der Waals surface area contributed by atoms with Gasteiger partial charge in [0.25, 0.3) is 0 Å². The lowest BCUT2D eigenvalue weighted by Crippen LogP contribution is -2.59. The molecule has 242 valence electrons. The number of benzene rings is 2. The highest BCUT2D eigenvalue weighted by molar-refractivity contribution is 6.03. The third-order valence-electron chi connectivity index (χ3n) is 8.21. The molecule has 3 heterocycles. The fourth-order valence-corrected chi connectivity index (χ4v) is 5.45. The van der Waals surface area contributed by atoms with Crippen LogP contribution in [0.2, 0.25) is 0 Å². The van der Waals surface area contributed by atoms with Crippen molar-refractivity contribution in [3.8, 4) is 11.4 Å². The Balaban J connectivity index is 1.37. The molecular weight excluding hydrogens is 586 g/mol. The van der Waals surface area contributed by atoms with Gasteiger partial charge in [-0.3, -0.25) is 14.4 Å². The number of anilines is 3. The topological polar surface area (TPSA) is 155 Å². The smallest absolute Gasteiger partial charge is 0.247 e. The Morgan fingerprint density at radius 3 is 2.50 bits per heavy atom. The molecule has 1 unspecified atom stereocenters. The monoisotopic (exact) mass is 627 g/mol. The fraction of sp³-hybridized carbons (Fsp3) is 0.394. The van der Waals surface area contributed by atoms with Crippen molar-refractivity contribution < 1.29 is 19.1 Å². The maximum atomic E-state index is 13.9. The Bertz CT molecular complexity index is 1700. The van der Waals surface area contributed by atoms with Gasteiger partial charge in [-0.15, -0.1) is 0 Å². The van der Waals surface area contributed by atoms with Crippen LogP contribution in [0.4, 0.5) is 17.2 Å².